The number of anilines is 1. The Bertz CT molecular complexity index is 941. The monoisotopic (exact) mass is 374 g/mol. The Morgan fingerprint density at radius 2 is 1.52 bits per heavy atom. The molecule has 0 unspecified atom stereocenters. The number of hydrogen-bond acceptors (Lipinski definition) is 4. The van der Waals surface area contributed by atoms with E-state index >= 15 is 0 Å². The highest BCUT2D eigenvalue weighted by molar-refractivity contribution is 7.93. The average Bonchev–Trinajstić information content (AvgIpc) is 2.51. The summed E-state index contributed by atoms with van der Waals surface area (Å²) in [6.07, 6.45) is 0. The highest BCUT2D eigenvalue weighted by Crippen LogP contribution is 2.23. The zero-order valence-corrected chi connectivity index (χ0v) is 14.8. The largest absolute Gasteiger partial charge is 0.280 e. The molecule has 0 radical (unpaired) electrons. The molecule has 6 nitrogen and oxygen atoms in total. The van der Waals surface area contributed by atoms with Gasteiger partial charge in [0.25, 0.3) is 10.0 Å². The highest BCUT2D eigenvalue weighted by Gasteiger charge is 2.19. The maximum atomic E-state index is 12.4. The van der Waals surface area contributed by atoms with Crippen LogP contribution in [0.4, 0.5) is 5.69 Å². The maximum absolute atomic E-state index is 12.4. The molecular weight excluding hydrogens is 360 g/mol. The molecule has 9 heteroatoms. The Labute approximate surface area is 140 Å². The zero-order chi connectivity index (χ0) is 17.3. The molecule has 2 aromatic rings. The molecule has 124 valence electrons. The van der Waals surface area contributed by atoms with Gasteiger partial charge in [0.2, 0.25) is 10.0 Å². The molecule has 2 N–H and O–H groups in total. The van der Waals surface area contributed by atoms with Crippen LogP contribution in [-0.2, 0) is 20.0 Å². The summed E-state index contributed by atoms with van der Waals surface area (Å²) in [5.41, 5.74) is 1.11. The fraction of sp³-hybridized carbons (Fsp3) is 0.143. The quantitative estimate of drug-likeness (QED) is 0.840. The summed E-state index contributed by atoms with van der Waals surface area (Å²) in [5.74, 6) is 0. The Balaban J connectivity index is 2.40. The van der Waals surface area contributed by atoms with Crippen LogP contribution in [0.5, 0.6) is 0 Å². The minimum absolute atomic E-state index is 0.134. The lowest BCUT2D eigenvalue weighted by atomic mass is 10.2. The van der Waals surface area contributed by atoms with Gasteiger partial charge in [-0.1, -0.05) is 23.7 Å². The van der Waals surface area contributed by atoms with Crippen LogP contribution >= 0.6 is 11.6 Å². The van der Waals surface area contributed by atoms with Crippen LogP contribution in [-0.4, -0.2) is 23.9 Å². The number of rotatable bonds is 5. The molecule has 2 aromatic carbocycles. The second kappa shape index (κ2) is 6.48. The third-order valence-electron chi connectivity index (χ3n) is 3.12. The van der Waals surface area contributed by atoms with E-state index in [1.807, 2.05) is 0 Å². The van der Waals surface area contributed by atoms with Gasteiger partial charge in [0.15, 0.2) is 0 Å². The first kappa shape index (κ1) is 17.7. The molecule has 0 aliphatic carbocycles. The van der Waals surface area contributed by atoms with Crippen molar-refractivity contribution in [2.45, 2.75) is 16.7 Å². The predicted octanol–water partition coefficient (Wildman–Crippen LogP) is 2.36. The minimum atomic E-state index is -3.93. The first-order valence-corrected chi connectivity index (χ1v) is 9.83. The van der Waals surface area contributed by atoms with Gasteiger partial charge >= 0.3 is 0 Å². The van der Waals surface area contributed by atoms with Crippen molar-refractivity contribution in [1.82, 2.24) is 4.72 Å². The Hall–Kier alpha value is -1.61. The molecule has 0 saturated heterocycles. The van der Waals surface area contributed by atoms with Gasteiger partial charge in [-0.25, -0.2) is 21.6 Å². The fourth-order valence-corrected chi connectivity index (χ4v) is 3.92. The van der Waals surface area contributed by atoms with Crippen LogP contribution < -0.4 is 9.44 Å². The van der Waals surface area contributed by atoms with Crippen molar-refractivity contribution in [3.63, 3.8) is 0 Å². The SMILES string of the molecule is CNS(=O)(=O)c1cccc(S(=O)(=O)Nc2ccc(C)c(Cl)c2)c1. The lowest BCUT2D eigenvalue weighted by Crippen LogP contribution is -2.19. The van der Waals surface area contributed by atoms with E-state index in [0.717, 1.165) is 11.6 Å². The van der Waals surface area contributed by atoms with Crippen molar-refractivity contribution < 1.29 is 16.8 Å². The number of nitrogens with one attached hydrogen (secondary N) is 2. The number of benzene rings is 2. The molecule has 0 aromatic heterocycles. The zero-order valence-electron chi connectivity index (χ0n) is 12.4. The second-order valence-corrected chi connectivity index (χ2v) is 8.73. The van der Waals surface area contributed by atoms with E-state index in [-0.39, 0.29) is 9.79 Å². The van der Waals surface area contributed by atoms with Crippen LogP contribution in [0.1, 0.15) is 5.56 Å². The van der Waals surface area contributed by atoms with Crippen molar-refractivity contribution in [1.29, 1.82) is 0 Å². The van der Waals surface area contributed by atoms with E-state index in [0.29, 0.717) is 10.7 Å². The summed E-state index contributed by atoms with van der Waals surface area (Å²) in [6, 6.07) is 9.82. The van der Waals surface area contributed by atoms with E-state index in [9.17, 15) is 16.8 Å². The number of sulfonamides is 2. The van der Waals surface area contributed by atoms with E-state index < -0.39 is 20.0 Å². The normalized spacial score (nSPS) is 12.1. The Kier molecular flexibility index (Phi) is 5.00. The number of aryl methyl sites for hydroxylation is 1. The van der Waals surface area contributed by atoms with Gasteiger partial charge in [0.05, 0.1) is 15.5 Å². The van der Waals surface area contributed by atoms with Crippen LogP contribution in [0.25, 0.3) is 0 Å². The summed E-state index contributed by atoms with van der Waals surface area (Å²) < 4.78 is 52.9. The van der Waals surface area contributed by atoms with Crippen LogP contribution in [0.15, 0.2) is 52.3 Å². The lowest BCUT2D eigenvalue weighted by molar-refractivity contribution is 0.588. The molecule has 0 aliphatic rings. The summed E-state index contributed by atoms with van der Waals surface area (Å²) in [4.78, 5) is -0.296. The minimum Gasteiger partial charge on any atom is -0.280 e. The lowest BCUT2D eigenvalue weighted by Gasteiger charge is -2.10. The molecular formula is C14H15ClN2O4S2. The Morgan fingerprint density at radius 1 is 0.913 bits per heavy atom. The van der Waals surface area contributed by atoms with Crippen LogP contribution in [0, 0.1) is 6.92 Å². The fourth-order valence-electron chi connectivity index (χ4n) is 1.80. The van der Waals surface area contributed by atoms with Gasteiger partial charge in [-0.3, -0.25) is 4.72 Å². The topological polar surface area (TPSA) is 92.3 Å². The van der Waals surface area contributed by atoms with E-state index in [2.05, 4.69) is 9.44 Å². The highest BCUT2D eigenvalue weighted by atomic mass is 35.5. The summed E-state index contributed by atoms with van der Waals surface area (Å²) >= 11 is 5.97. The molecule has 23 heavy (non-hydrogen) atoms. The van der Waals surface area contributed by atoms with Gasteiger partial charge < -0.3 is 0 Å². The van der Waals surface area contributed by atoms with Gasteiger partial charge in [0.1, 0.15) is 0 Å². The summed E-state index contributed by atoms with van der Waals surface area (Å²) in [5, 5.41) is 0.428. The van der Waals surface area contributed by atoms with E-state index in [1.165, 1.54) is 31.3 Å². The van der Waals surface area contributed by atoms with Gasteiger partial charge in [0, 0.05) is 5.02 Å². The van der Waals surface area contributed by atoms with Crippen molar-refractivity contribution in [3.05, 3.63) is 53.1 Å². The second-order valence-electron chi connectivity index (χ2n) is 4.75. The molecule has 0 saturated carbocycles. The third kappa shape index (κ3) is 4.03. The molecule has 0 atom stereocenters. The van der Waals surface area contributed by atoms with Gasteiger partial charge in [-0.2, -0.15) is 0 Å². The average molecular weight is 375 g/mol. The molecule has 0 fully saturated rings. The molecule has 2 rings (SSSR count). The number of halogens is 1. The number of hydrogen-bond donors (Lipinski definition) is 2. The predicted molar refractivity (Wildman–Crippen MR) is 89.7 cm³/mol. The van der Waals surface area contributed by atoms with Crippen molar-refractivity contribution in [3.8, 4) is 0 Å². The standard InChI is InChI=1S/C14H15ClN2O4S2/c1-10-6-7-11(8-14(10)15)17-23(20,21)13-5-3-4-12(9-13)22(18,19)16-2/h3-9,16-17H,1-2H3. The van der Waals surface area contributed by atoms with Gasteiger partial charge in [-0.15, -0.1) is 0 Å². The first-order valence-electron chi connectivity index (χ1n) is 6.48. The molecule has 0 spiro atoms. The third-order valence-corrected chi connectivity index (χ3v) is 6.32. The van der Waals surface area contributed by atoms with E-state index in [1.54, 1.807) is 19.1 Å². The van der Waals surface area contributed by atoms with Crippen LogP contribution in [0.2, 0.25) is 5.02 Å². The first-order chi connectivity index (χ1) is 10.7. The van der Waals surface area contributed by atoms with Crippen molar-refractivity contribution in [2.75, 3.05) is 11.8 Å². The summed E-state index contributed by atoms with van der Waals surface area (Å²) in [7, 11) is -6.41. The van der Waals surface area contributed by atoms with Crippen molar-refractivity contribution in [2.24, 2.45) is 0 Å². The van der Waals surface area contributed by atoms with Crippen molar-refractivity contribution >= 4 is 37.3 Å². The van der Waals surface area contributed by atoms with Crippen LogP contribution in [0.3, 0.4) is 0 Å². The smallest absolute Gasteiger partial charge is 0.261 e. The Morgan fingerprint density at radius 3 is 2.09 bits per heavy atom. The molecule has 0 bridgehead atoms. The maximum Gasteiger partial charge on any atom is 0.261 e. The molecule has 0 aliphatic heterocycles. The molecule has 0 amide bonds. The van der Waals surface area contributed by atoms with Gasteiger partial charge in [-0.05, 0) is 49.9 Å². The van der Waals surface area contributed by atoms with E-state index in [4.69, 9.17) is 11.6 Å². The summed E-state index contributed by atoms with van der Waals surface area (Å²) in [6.45, 7) is 1.80. The molecule has 0 heterocycles.